The molecule has 0 aliphatic carbocycles. The summed E-state index contributed by atoms with van der Waals surface area (Å²) in [6, 6.07) is 6.86. The zero-order valence-electron chi connectivity index (χ0n) is 15.5. The minimum Gasteiger partial charge on any atom is -0.462 e. The van der Waals surface area contributed by atoms with Gasteiger partial charge in [-0.1, -0.05) is 39.0 Å². The van der Waals surface area contributed by atoms with Gasteiger partial charge in [0.1, 0.15) is 0 Å². The number of hydrogen-bond acceptors (Lipinski definition) is 3. The molecule has 0 N–H and O–H groups in total. The van der Waals surface area contributed by atoms with Gasteiger partial charge in [-0.05, 0) is 49.9 Å². The van der Waals surface area contributed by atoms with Crippen LogP contribution in [0.25, 0.3) is 0 Å². The molecule has 1 heterocycles. The Morgan fingerprint density at radius 1 is 0.880 bits per heavy atom. The summed E-state index contributed by atoms with van der Waals surface area (Å²) in [5.74, 6) is -0.239. The van der Waals surface area contributed by atoms with Gasteiger partial charge in [-0.25, -0.2) is 4.79 Å². The third-order valence-corrected chi connectivity index (χ3v) is 4.74. The van der Waals surface area contributed by atoms with Crippen LogP contribution in [-0.4, -0.2) is 36.5 Å². The number of carbonyl (C=O) groups excluding carboxylic acids is 2. The average Bonchev–Trinajstić information content (AvgIpc) is 2.67. The molecule has 0 unspecified atom stereocenters. The van der Waals surface area contributed by atoms with Crippen molar-refractivity contribution in [2.45, 2.75) is 64.7 Å². The van der Waals surface area contributed by atoms with Crippen molar-refractivity contribution in [3.8, 4) is 0 Å². The van der Waals surface area contributed by atoms with Crippen molar-refractivity contribution in [2.24, 2.45) is 0 Å². The number of piperidine rings is 1. The molecule has 1 aromatic rings. The highest BCUT2D eigenvalue weighted by Crippen LogP contribution is 2.14. The van der Waals surface area contributed by atoms with Crippen LogP contribution in [0.15, 0.2) is 24.3 Å². The van der Waals surface area contributed by atoms with Crippen molar-refractivity contribution in [1.29, 1.82) is 0 Å². The lowest BCUT2D eigenvalue weighted by atomic mass is 10.1. The lowest BCUT2D eigenvalue weighted by molar-refractivity contribution is 0.0497. The van der Waals surface area contributed by atoms with Gasteiger partial charge in [0.05, 0.1) is 12.2 Å². The summed E-state index contributed by atoms with van der Waals surface area (Å²) in [6.07, 6.45) is 10.4. The third-order valence-electron chi connectivity index (χ3n) is 4.74. The number of ether oxygens (including phenoxy) is 1. The summed E-state index contributed by atoms with van der Waals surface area (Å²) in [4.78, 5) is 26.4. The predicted molar refractivity (Wildman–Crippen MR) is 99.9 cm³/mol. The van der Waals surface area contributed by atoms with E-state index in [9.17, 15) is 9.59 Å². The Morgan fingerprint density at radius 3 is 2.16 bits per heavy atom. The largest absolute Gasteiger partial charge is 0.462 e. The first-order valence-corrected chi connectivity index (χ1v) is 9.79. The molecule has 1 saturated heterocycles. The van der Waals surface area contributed by atoms with Crippen LogP contribution in [0.4, 0.5) is 0 Å². The normalized spacial score (nSPS) is 14.4. The number of benzene rings is 1. The molecule has 1 aliphatic heterocycles. The van der Waals surface area contributed by atoms with E-state index in [1.54, 1.807) is 24.3 Å². The van der Waals surface area contributed by atoms with Gasteiger partial charge in [0.15, 0.2) is 0 Å². The molecular formula is C21H31NO3. The van der Waals surface area contributed by atoms with E-state index in [-0.39, 0.29) is 11.9 Å². The van der Waals surface area contributed by atoms with Crippen LogP contribution in [-0.2, 0) is 4.74 Å². The minimum atomic E-state index is -0.300. The molecule has 138 valence electrons. The third kappa shape index (κ3) is 6.52. The highest BCUT2D eigenvalue weighted by molar-refractivity contribution is 5.96. The zero-order chi connectivity index (χ0) is 17.9. The monoisotopic (exact) mass is 345 g/mol. The van der Waals surface area contributed by atoms with Gasteiger partial charge in [0.25, 0.3) is 5.91 Å². The van der Waals surface area contributed by atoms with E-state index < -0.39 is 0 Å². The summed E-state index contributed by atoms with van der Waals surface area (Å²) in [5.41, 5.74) is 1.16. The molecule has 0 aromatic heterocycles. The molecule has 0 spiro atoms. The number of amides is 1. The topological polar surface area (TPSA) is 46.6 Å². The van der Waals surface area contributed by atoms with Gasteiger partial charge in [-0.3, -0.25) is 4.79 Å². The number of nitrogens with zero attached hydrogens (tertiary/aromatic N) is 1. The number of rotatable bonds is 9. The van der Waals surface area contributed by atoms with E-state index in [0.717, 1.165) is 38.8 Å². The SMILES string of the molecule is CCCCCCCCOC(=O)c1ccc(C(=O)N2CCCCC2)cc1. The van der Waals surface area contributed by atoms with E-state index >= 15 is 0 Å². The second-order valence-electron chi connectivity index (χ2n) is 6.83. The van der Waals surface area contributed by atoms with Crippen molar-refractivity contribution in [3.05, 3.63) is 35.4 Å². The number of esters is 1. The first kappa shape index (κ1) is 19.5. The quantitative estimate of drug-likeness (QED) is 0.476. The Hall–Kier alpha value is -1.84. The van der Waals surface area contributed by atoms with E-state index in [1.807, 2.05) is 4.90 Å². The average molecular weight is 345 g/mol. The highest BCUT2D eigenvalue weighted by atomic mass is 16.5. The maximum Gasteiger partial charge on any atom is 0.338 e. The van der Waals surface area contributed by atoms with Crippen LogP contribution in [0.2, 0.25) is 0 Å². The highest BCUT2D eigenvalue weighted by Gasteiger charge is 2.18. The van der Waals surface area contributed by atoms with Crippen LogP contribution in [0, 0.1) is 0 Å². The summed E-state index contributed by atoms with van der Waals surface area (Å²) in [7, 11) is 0. The van der Waals surface area contributed by atoms with Crippen LogP contribution in [0.5, 0.6) is 0 Å². The van der Waals surface area contributed by atoms with Crippen LogP contribution >= 0.6 is 0 Å². The molecule has 25 heavy (non-hydrogen) atoms. The maximum atomic E-state index is 12.4. The maximum absolute atomic E-state index is 12.4. The van der Waals surface area contributed by atoms with Gasteiger partial charge >= 0.3 is 5.97 Å². The number of hydrogen-bond donors (Lipinski definition) is 0. The van der Waals surface area contributed by atoms with Gasteiger partial charge < -0.3 is 9.64 Å². The van der Waals surface area contributed by atoms with Gasteiger partial charge in [0, 0.05) is 18.7 Å². The number of likely N-dealkylation sites (tertiary alicyclic amines) is 1. The molecule has 0 atom stereocenters. The Kier molecular flexibility index (Phi) is 8.50. The summed E-state index contributed by atoms with van der Waals surface area (Å²) >= 11 is 0. The first-order chi connectivity index (χ1) is 12.2. The Balaban J connectivity index is 1.73. The molecule has 1 aliphatic rings. The lowest BCUT2D eigenvalue weighted by Crippen LogP contribution is -2.35. The molecule has 0 bridgehead atoms. The molecule has 1 aromatic carbocycles. The van der Waals surface area contributed by atoms with Crippen molar-refractivity contribution < 1.29 is 14.3 Å². The van der Waals surface area contributed by atoms with E-state index in [0.29, 0.717) is 17.7 Å². The molecule has 2 rings (SSSR count). The standard InChI is InChI=1S/C21H31NO3/c1-2-3-4-5-6-10-17-25-21(24)19-13-11-18(12-14-19)20(23)22-15-8-7-9-16-22/h11-14H,2-10,15-17H2,1H3. The molecule has 1 fully saturated rings. The molecule has 1 amide bonds. The molecule has 4 nitrogen and oxygen atoms in total. The fraction of sp³-hybridized carbons (Fsp3) is 0.619. The second kappa shape index (κ2) is 10.9. The molecule has 0 saturated carbocycles. The first-order valence-electron chi connectivity index (χ1n) is 9.79. The van der Waals surface area contributed by atoms with Crippen LogP contribution < -0.4 is 0 Å². The summed E-state index contributed by atoms with van der Waals surface area (Å²) in [5, 5.41) is 0. The number of unbranched alkanes of at least 4 members (excludes halogenated alkanes) is 5. The second-order valence-corrected chi connectivity index (χ2v) is 6.83. The summed E-state index contributed by atoms with van der Waals surface area (Å²) in [6.45, 7) is 4.34. The van der Waals surface area contributed by atoms with Gasteiger partial charge in [0.2, 0.25) is 0 Å². The van der Waals surface area contributed by atoms with Crippen LogP contribution in [0.3, 0.4) is 0 Å². The van der Waals surface area contributed by atoms with E-state index in [4.69, 9.17) is 4.74 Å². The number of carbonyl (C=O) groups is 2. The van der Waals surface area contributed by atoms with E-state index in [2.05, 4.69) is 6.92 Å². The van der Waals surface area contributed by atoms with Crippen molar-refractivity contribution >= 4 is 11.9 Å². The molecular weight excluding hydrogens is 314 g/mol. The van der Waals surface area contributed by atoms with Crippen molar-refractivity contribution in [3.63, 3.8) is 0 Å². The molecule has 0 radical (unpaired) electrons. The van der Waals surface area contributed by atoms with Gasteiger partial charge in [-0.15, -0.1) is 0 Å². The van der Waals surface area contributed by atoms with Crippen molar-refractivity contribution in [1.82, 2.24) is 4.90 Å². The zero-order valence-corrected chi connectivity index (χ0v) is 15.5. The predicted octanol–water partition coefficient (Wildman–Crippen LogP) is 4.83. The van der Waals surface area contributed by atoms with Crippen LogP contribution in [0.1, 0.15) is 85.4 Å². The fourth-order valence-electron chi connectivity index (χ4n) is 3.16. The lowest BCUT2D eigenvalue weighted by Gasteiger charge is -2.26. The Morgan fingerprint density at radius 2 is 1.48 bits per heavy atom. The van der Waals surface area contributed by atoms with E-state index in [1.165, 1.54) is 32.1 Å². The fourth-order valence-corrected chi connectivity index (χ4v) is 3.16. The van der Waals surface area contributed by atoms with Crippen molar-refractivity contribution in [2.75, 3.05) is 19.7 Å². The summed E-state index contributed by atoms with van der Waals surface area (Å²) < 4.78 is 5.32. The Labute approximate surface area is 151 Å². The Bertz CT molecular complexity index is 533. The van der Waals surface area contributed by atoms with Gasteiger partial charge in [-0.2, -0.15) is 0 Å². The minimum absolute atomic E-state index is 0.0618. The molecule has 4 heteroatoms. The smallest absolute Gasteiger partial charge is 0.338 e.